The van der Waals surface area contributed by atoms with Gasteiger partial charge in [0.25, 0.3) is 5.24 Å². The normalized spacial score (nSPS) is 15.0. The molecule has 1 aromatic heterocycles. The molecule has 7 heteroatoms. The van der Waals surface area contributed by atoms with Crippen LogP contribution in [-0.4, -0.2) is 21.9 Å². The van der Waals surface area contributed by atoms with E-state index < -0.39 is 0 Å². The zero-order chi connectivity index (χ0) is 20.2. The fourth-order valence-electron chi connectivity index (χ4n) is 2.88. The number of nitrogens with zero attached hydrogens (tertiary/aromatic N) is 1. The lowest BCUT2D eigenvalue weighted by atomic mass is 10.2. The van der Waals surface area contributed by atoms with E-state index >= 15 is 0 Å². The van der Waals surface area contributed by atoms with E-state index in [0.717, 1.165) is 22.6 Å². The molecule has 1 aliphatic heterocycles. The number of nitrogens with one attached hydrogen (secondary N) is 1. The number of aromatic nitrogens is 1. The number of aryl methyl sites for hydroxylation is 1. The predicted octanol–water partition coefficient (Wildman–Crippen LogP) is 4.60. The van der Waals surface area contributed by atoms with Crippen LogP contribution in [0.2, 0.25) is 0 Å². The molecule has 0 aliphatic carbocycles. The van der Waals surface area contributed by atoms with Gasteiger partial charge in [-0.2, -0.15) is 0 Å². The average molecular weight is 406 g/mol. The summed E-state index contributed by atoms with van der Waals surface area (Å²) in [6.45, 7) is 2.37. The second-order valence-electron chi connectivity index (χ2n) is 6.42. The molecular weight excluding hydrogens is 388 g/mol. The fourth-order valence-corrected chi connectivity index (χ4v) is 3.43. The number of carbonyl (C=O) groups excluding carboxylic acids is 2. The molecule has 1 fully saturated rings. The van der Waals surface area contributed by atoms with E-state index in [-0.39, 0.29) is 10.4 Å². The second kappa shape index (κ2) is 8.36. The number of ether oxygens (including phenoxy) is 1. The molecule has 2 heterocycles. The van der Waals surface area contributed by atoms with E-state index in [1.165, 1.54) is 0 Å². The van der Waals surface area contributed by atoms with Crippen LogP contribution in [0.25, 0.3) is 17.5 Å². The summed E-state index contributed by atoms with van der Waals surface area (Å²) in [7, 11) is 0. The lowest BCUT2D eigenvalue weighted by Gasteiger charge is -2.05. The van der Waals surface area contributed by atoms with Gasteiger partial charge in [0.1, 0.15) is 11.5 Å². The Morgan fingerprint density at radius 1 is 1.10 bits per heavy atom. The van der Waals surface area contributed by atoms with Crippen LogP contribution < -0.4 is 10.1 Å². The number of carbonyl (C=O) groups is 2. The highest BCUT2D eigenvalue weighted by Crippen LogP contribution is 2.23. The Hall–Kier alpha value is -3.32. The van der Waals surface area contributed by atoms with Crippen molar-refractivity contribution < 1.29 is 18.7 Å². The number of thioether (sulfide) groups is 1. The van der Waals surface area contributed by atoms with Crippen LogP contribution in [0.1, 0.15) is 17.0 Å². The van der Waals surface area contributed by atoms with E-state index in [1.54, 1.807) is 6.08 Å². The number of hydrogen-bond acceptors (Lipinski definition) is 6. The van der Waals surface area contributed by atoms with Crippen LogP contribution in [0.4, 0.5) is 4.79 Å². The van der Waals surface area contributed by atoms with Crippen molar-refractivity contribution in [1.29, 1.82) is 0 Å². The Balaban J connectivity index is 1.34. The van der Waals surface area contributed by atoms with Crippen molar-refractivity contribution in [3.63, 3.8) is 0 Å². The molecule has 3 aromatic rings. The molecule has 1 amide bonds. The molecule has 0 unspecified atom stereocenters. The van der Waals surface area contributed by atoms with Crippen molar-refractivity contribution in [3.05, 3.63) is 77.3 Å². The summed E-state index contributed by atoms with van der Waals surface area (Å²) in [5, 5.41) is 1.91. The lowest BCUT2D eigenvalue weighted by Crippen LogP contribution is -2.10. The fraction of sp³-hybridized carbons (Fsp3) is 0.136. The molecule has 1 aliphatic rings. The lowest BCUT2D eigenvalue weighted by molar-refractivity contribution is -0.107. The van der Waals surface area contributed by atoms with Gasteiger partial charge in [0.05, 0.1) is 18.0 Å². The molecule has 1 saturated heterocycles. The zero-order valence-corrected chi connectivity index (χ0v) is 16.5. The number of rotatable bonds is 6. The minimum absolute atomic E-state index is 0.270. The predicted molar refractivity (Wildman–Crippen MR) is 111 cm³/mol. The molecule has 0 bridgehead atoms. The Bertz CT molecular complexity index is 1070. The van der Waals surface area contributed by atoms with E-state index in [9.17, 15) is 9.59 Å². The van der Waals surface area contributed by atoms with E-state index in [2.05, 4.69) is 10.3 Å². The average Bonchev–Trinajstić information content (AvgIpc) is 3.25. The first-order valence-corrected chi connectivity index (χ1v) is 9.89. The summed E-state index contributed by atoms with van der Waals surface area (Å²) >= 11 is 0.666. The number of amides is 1. The van der Waals surface area contributed by atoms with E-state index in [1.807, 2.05) is 61.5 Å². The summed E-state index contributed by atoms with van der Waals surface area (Å²) in [6, 6.07) is 17.1. The summed E-state index contributed by atoms with van der Waals surface area (Å²) in [6.07, 6.45) is 2.28. The highest BCUT2D eigenvalue weighted by Gasteiger charge is 2.25. The minimum Gasteiger partial charge on any atom is -0.493 e. The van der Waals surface area contributed by atoms with E-state index in [0.29, 0.717) is 42.1 Å². The van der Waals surface area contributed by atoms with Gasteiger partial charge in [-0.3, -0.25) is 9.59 Å². The van der Waals surface area contributed by atoms with Crippen molar-refractivity contribution in [2.75, 3.05) is 6.61 Å². The van der Waals surface area contributed by atoms with Gasteiger partial charge in [-0.1, -0.05) is 30.3 Å². The topological polar surface area (TPSA) is 81.4 Å². The van der Waals surface area contributed by atoms with Crippen LogP contribution in [0, 0.1) is 6.92 Å². The third-order valence-electron chi connectivity index (χ3n) is 4.35. The summed E-state index contributed by atoms with van der Waals surface area (Å²) < 4.78 is 11.6. The Morgan fingerprint density at radius 2 is 1.86 bits per heavy atom. The van der Waals surface area contributed by atoms with Crippen molar-refractivity contribution in [1.82, 2.24) is 10.3 Å². The molecule has 2 aromatic carbocycles. The molecule has 0 radical (unpaired) electrons. The van der Waals surface area contributed by atoms with Gasteiger partial charge in [-0.25, -0.2) is 4.98 Å². The SMILES string of the molecule is Cc1oc(-c2ccccc2)nc1CCOc1ccc(C=C2NC(=O)SC2=O)cc1. The van der Waals surface area contributed by atoms with Gasteiger partial charge in [-0.05, 0) is 42.8 Å². The van der Waals surface area contributed by atoms with Gasteiger partial charge < -0.3 is 14.5 Å². The Morgan fingerprint density at radius 3 is 2.55 bits per heavy atom. The van der Waals surface area contributed by atoms with Crippen LogP contribution in [0.3, 0.4) is 0 Å². The Kier molecular flexibility index (Phi) is 5.48. The standard InChI is InChI=1S/C22H18N2O4S/c1-14-18(23-20(28-14)16-5-3-2-4-6-16)11-12-27-17-9-7-15(8-10-17)13-19-21(25)29-22(26)24-19/h2-10,13H,11-12H2,1H3,(H,24,26). The van der Waals surface area contributed by atoms with Gasteiger partial charge >= 0.3 is 0 Å². The maximum Gasteiger partial charge on any atom is 0.291 e. The van der Waals surface area contributed by atoms with Crippen LogP contribution in [-0.2, 0) is 11.2 Å². The highest BCUT2D eigenvalue weighted by atomic mass is 32.2. The maximum absolute atomic E-state index is 11.6. The minimum atomic E-state index is -0.347. The van der Waals surface area contributed by atoms with Crippen molar-refractivity contribution in [2.45, 2.75) is 13.3 Å². The largest absolute Gasteiger partial charge is 0.493 e. The second-order valence-corrected chi connectivity index (χ2v) is 7.36. The zero-order valence-electron chi connectivity index (χ0n) is 15.7. The molecule has 146 valence electrons. The third-order valence-corrected chi connectivity index (χ3v) is 5.05. The van der Waals surface area contributed by atoms with Gasteiger partial charge in [0.2, 0.25) is 11.0 Å². The summed E-state index contributed by atoms with van der Waals surface area (Å²) in [5.41, 5.74) is 2.92. The molecule has 0 spiro atoms. The van der Waals surface area contributed by atoms with Gasteiger partial charge in [0.15, 0.2) is 0 Å². The highest BCUT2D eigenvalue weighted by molar-refractivity contribution is 8.27. The van der Waals surface area contributed by atoms with Crippen molar-refractivity contribution in [2.24, 2.45) is 0 Å². The summed E-state index contributed by atoms with van der Waals surface area (Å²) in [5.74, 6) is 2.12. The molecule has 1 N–H and O–H groups in total. The molecular formula is C22H18N2O4S. The molecule has 0 atom stereocenters. The first-order valence-electron chi connectivity index (χ1n) is 9.08. The molecule has 6 nitrogen and oxygen atoms in total. The van der Waals surface area contributed by atoms with Gasteiger partial charge in [-0.15, -0.1) is 0 Å². The number of hydrogen-bond donors (Lipinski definition) is 1. The van der Waals surface area contributed by atoms with Crippen LogP contribution in [0.15, 0.2) is 64.7 Å². The number of benzene rings is 2. The smallest absolute Gasteiger partial charge is 0.291 e. The first kappa shape index (κ1) is 19.0. The maximum atomic E-state index is 11.6. The van der Waals surface area contributed by atoms with E-state index in [4.69, 9.17) is 9.15 Å². The third kappa shape index (κ3) is 4.57. The Labute approximate surface area is 172 Å². The molecule has 0 saturated carbocycles. The van der Waals surface area contributed by atoms with Crippen molar-refractivity contribution in [3.8, 4) is 17.2 Å². The first-order chi connectivity index (χ1) is 14.1. The van der Waals surface area contributed by atoms with Crippen molar-refractivity contribution >= 4 is 28.2 Å². The van der Waals surface area contributed by atoms with Crippen LogP contribution in [0.5, 0.6) is 5.75 Å². The molecule has 4 rings (SSSR count). The quantitative estimate of drug-likeness (QED) is 0.603. The summed E-state index contributed by atoms with van der Waals surface area (Å²) in [4.78, 5) is 27.4. The van der Waals surface area contributed by atoms with Crippen LogP contribution >= 0.6 is 11.8 Å². The van der Waals surface area contributed by atoms with Gasteiger partial charge in [0, 0.05) is 23.7 Å². The molecule has 29 heavy (non-hydrogen) atoms. The number of oxazole rings is 1. The monoisotopic (exact) mass is 406 g/mol.